The maximum atomic E-state index is 13.4. The minimum absolute atomic E-state index is 0.160. The van der Waals surface area contributed by atoms with Crippen molar-refractivity contribution in [2.24, 2.45) is 5.73 Å². The SMILES string of the molecule is CC.CC.CN.Cc1cc2c(c(-c3ccc(C(F)(F)F)cc3C(F)(F)F)c1)OCCC2. The molecule has 0 aliphatic carbocycles. The molecule has 8 heteroatoms. The van der Waals surface area contributed by atoms with Crippen LogP contribution in [-0.2, 0) is 18.8 Å². The first-order valence-electron chi connectivity index (χ1n) is 10.2. The molecule has 2 N–H and O–H groups in total. The highest BCUT2D eigenvalue weighted by atomic mass is 19.4. The number of hydrogen-bond acceptors (Lipinski definition) is 2. The van der Waals surface area contributed by atoms with Crippen molar-refractivity contribution >= 4 is 0 Å². The smallest absolute Gasteiger partial charge is 0.417 e. The minimum Gasteiger partial charge on any atom is -0.493 e. The van der Waals surface area contributed by atoms with Crippen molar-refractivity contribution in [2.75, 3.05) is 13.7 Å². The lowest BCUT2D eigenvalue weighted by Crippen LogP contribution is -2.14. The summed E-state index contributed by atoms with van der Waals surface area (Å²) in [6.07, 6.45) is -8.36. The van der Waals surface area contributed by atoms with Gasteiger partial charge in [-0.3, -0.25) is 0 Å². The highest BCUT2D eigenvalue weighted by molar-refractivity contribution is 5.77. The summed E-state index contributed by atoms with van der Waals surface area (Å²) in [6.45, 7) is 10.1. The molecule has 0 bridgehead atoms. The summed E-state index contributed by atoms with van der Waals surface area (Å²) < 4.78 is 84.3. The largest absolute Gasteiger partial charge is 0.493 e. The van der Waals surface area contributed by atoms with Crippen LogP contribution in [0.25, 0.3) is 11.1 Å². The van der Waals surface area contributed by atoms with Crippen molar-refractivity contribution in [3.63, 3.8) is 0 Å². The summed E-state index contributed by atoms with van der Waals surface area (Å²) in [5.41, 5.74) is 3.23. The molecule has 2 aromatic carbocycles. The Morgan fingerprint density at radius 1 is 0.806 bits per heavy atom. The average Bonchev–Trinajstić information content (AvgIpc) is 2.75. The van der Waals surface area contributed by atoms with E-state index >= 15 is 0 Å². The van der Waals surface area contributed by atoms with E-state index in [1.165, 1.54) is 13.1 Å². The third-order valence-corrected chi connectivity index (χ3v) is 4.09. The summed E-state index contributed by atoms with van der Waals surface area (Å²) in [4.78, 5) is 0. The molecule has 0 spiro atoms. The Morgan fingerprint density at radius 2 is 1.39 bits per heavy atom. The molecule has 1 aliphatic rings. The molecule has 0 fully saturated rings. The van der Waals surface area contributed by atoms with E-state index in [9.17, 15) is 26.3 Å². The number of halogens is 6. The summed E-state index contributed by atoms with van der Waals surface area (Å²) in [5, 5.41) is 0. The Bertz CT molecular complexity index is 813. The lowest BCUT2D eigenvalue weighted by molar-refractivity contribution is -0.142. The topological polar surface area (TPSA) is 35.2 Å². The maximum Gasteiger partial charge on any atom is 0.417 e. The van der Waals surface area contributed by atoms with Crippen LogP contribution in [0, 0.1) is 6.92 Å². The van der Waals surface area contributed by atoms with Crippen LogP contribution in [0.3, 0.4) is 0 Å². The Morgan fingerprint density at radius 3 is 1.90 bits per heavy atom. The van der Waals surface area contributed by atoms with Gasteiger partial charge in [-0.25, -0.2) is 0 Å². The number of ether oxygens (including phenoxy) is 1. The average molecular weight is 451 g/mol. The van der Waals surface area contributed by atoms with E-state index in [1.807, 2.05) is 33.8 Å². The lowest BCUT2D eigenvalue weighted by atomic mass is 9.91. The van der Waals surface area contributed by atoms with Crippen molar-refractivity contribution in [3.8, 4) is 16.9 Å². The van der Waals surface area contributed by atoms with Gasteiger partial charge in [0, 0.05) is 5.56 Å². The summed E-state index contributed by atoms with van der Waals surface area (Å²) in [7, 11) is 1.50. The van der Waals surface area contributed by atoms with Crippen LogP contribution in [0.2, 0.25) is 0 Å². The molecule has 2 nitrogen and oxygen atoms in total. The van der Waals surface area contributed by atoms with Crippen molar-refractivity contribution in [3.05, 3.63) is 52.6 Å². The molecule has 176 valence electrons. The molecular weight excluding hydrogens is 420 g/mol. The standard InChI is InChI=1S/C18H14F6O.2C2H6.CH5N/c1-10-7-11-3-2-6-25-16(11)14(8-10)13-5-4-12(17(19,20)21)9-15(13)18(22,23)24;3*1-2/h4-5,7-9H,2-3,6H2,1H3;2*1-2H3;2H2,1H3. The first-order chi connectivity index (χ1) is 14.6. The van der Waals surface area contributed by atoms with Crippen LogP contribution in [0.15, 0.2) is 30.3 Å². The second-order valence-corrected chi connectivity index (χ2v) is 6.01. The molecule has 0 radical (unpaired) electrons. The molecule has 1 aliphatic heterocycles. The van der Waals surface area contributed by atoms with E-state index in [2.05, 4.69) is 5.73 Å². The molecule has 1 heterocycles. The predicted octanol–water partition coefficient (Wildman–Crippen LogP) is 7.65. The van der Waals surface area contributed by atoms with Crippen LogP contribution in [-0.4, -0.2) is 13.7 Å². The van der Waals surface area contributed by atoms with Crippen LogP contribution in [0.4, 0.5) is 26.3 Å². The van der Waals surface area contributed by atoms with E-state index in [4.69, 9.17) is 4.74 Å². The van der Waals surface area contributed by atoms with Gasteiger partial charge in [0.2, 0.25) is 0 Å². The Hall–Kier alpha value is -2.22. The Kier molecular flexibility index (Phi) is 11.7. The number of aryl methyl sites for hydroxylation is 2. The van der Waals surface area contributed by atoms with Crippen molar-refractivity contribution < 1.29 is 31.1 Å². The van der Waals surface area contributed by atoms with Gasteiger partial charge in [0.15, 0.2) is 0 Å². The van der Waals surface area contributed by atoms with Gasteiger partial charge < -0.3 is 10.5 Å². The van der Waals surface area contributed by atoms with Crippen molar-refractivity contribution in [1.82, 2.24) is 0 Å². The van der Waals surface area contributed by atoms with Crippen LogP contribution in [0.5, 0.6) is 5.75 Å². The van der Waals surface area contributed by atoms with Crippen LogP contribution in [0.1, 0.15) is 56.4 Å². The second-order valence-electron chi connectivity index (χ2n) is 6.01. The summed E-state index contributed by atoms with van der Waals surface area (Å²) >= 11 is 0. The fourth-order valence-corrected chi connectivity index (χ4v) is 3.03. The van der Waals surface area contributed by atoms with E-state index in [0.29, 0.717) is 24.8 Å². The number of benzene rings is 2. The fourth-order valence-electron chi connectivity index (χ4n) is 3.03. The highest BCUT2D eigenvalue weighted by Crippen LogP contribution is 2.45. The van der Waals surface area contributed by atoms with Gasteiger partial charge in [-0.1, -0.05) is 39.8 Å². The van der Waals surface area contributed by atoms with Gasteiger partial charge in [-0.15, -0.1) is 0 Å². The summed E-state index contributed by atoms with van der Waals surface area (Å²) in [6, 6.07) is 5.05. The first-order valence-corrected chi connectivity index (χ1v) is 10.2. The molecule has 0 saturated heterocycles. The van der Waals surface area contributed by atoms with E-state index in [-0.39, 0.29) is 17.2 Å². The van der Waals surface area contributed by atoms with Gasteiger partial charge in [0.1, 0.15) is 5.75 Å². The second kappa shape index (κ2) is 12.6. The molecule has 3 rings (SSSR count). The number of fused-ring (bicyclic) bond motifs is 1. The van der Waals surface area contributed by atoms with Crippen LogP contribution >= 0.6 is 0 Å². The Balaban J connectivity index is 0.00000138. The number of rotatable bonds is 1. The first kappa shape index (κ1) is 28.8. The van der Waals surface area contributed by atoms with Crippen molar-refractivity contribution in [1.29, 1.82) is 0 Å². The van der Waals surface area contributed by atoms with Gasteiger partial charge in [0.05, 0.1) is 17.7 Å². The number of hydrogen-bond donors (Lipinski definition) is 1. The highest BCUT2D eigenvalue weighted by Gasteiger charge is 2.39. The zero-order valence-electron chi connectivity index (χ0n) is 18.8. The molecule has 2 aromatic rings. The van der Waals surface area contributed by atoms with E-state index in [1.54, 1.807) is 6.92 Å². The zero-order chi connectivity index (χ0) is 24.4. The quantitative estimate of drug-likeness (QED) is 0.452. The molecule has 31 heavy (non-hydrogen) atoms. The molecule has 0 aromatic heterocycles. The minimum atomic E-state index is -4.91. The molecule has 0 saturated carbocycles. The van der Waals surface area contributed by atoms with Crippen molar-refractivity contribution in [2.45, 2.75) is 59.8 Å². The van der Waals surface area contributed by atoms with E-state index in [0.717, 1.165) is 23.6 Å². The third-order valence-electron chi connectivity index (χ3n) is 4.09. The van der Waals surface area contributed by atoms with E-state index < -0.39 is 23.5 Å². The summed E-state index contributed by atoms with van der Waals surface area (Å²) in [5.74, 6) is 0.321. The normalized spacial score (nSPS) is 12.5. The molecular formula is C23H31F6NO. The molecule has 0 atom stereocenters. The molecule has 0 unspecified atom stereocenters. The Labute approximate surface area is 180 Å². The third kappa shape index (κ3) is 7.45. The maximum absolute atomic E-state index is 13.4. The lowest BCUT2D eigenvalue weighted by Gasteiger charge is -2.23. The van der Waals surface area contributed by atoms with Gasteiger partial charge in [0.25, 0.3) is 0 Å². The molecule has 0 amide bonds. The predicted molar refractivity (Wildman–Crippen MR) is 113 cm³/mol. The number of nitrogens with two attached hydrogens (primary N) is 1. The van der Waals surface area contributed by atoms with Gasteiger partial charge >= 0.3 is 12.4 Å². The van der Waals surface area contributed by atoms with Gasteiger partial charge in [-0.2, -0.15) is 26.3 Å². The van der Waals surface area contributed by atoms with Crippen LogP contribution < -0.4 is 10.5 Å². The zero-order valence-corrected chi connectivity index (χ0v) is 18.8. The monoisotopic (exact) mass is 451 g/mol. The number of alkyl halides is 6. The van der Waals surface area contributed by atoms with Gasteiger partial charge in [-0.05, 0) is 61.7 Å². The fraction of sp³-hybridized carbons (Fsp3) is 0.478.